The van der Waals surface area contributed by atoms with E-state index in [-0.39, 0.29) is 16.1 Å². The fourth-order valence-corrected chi connectivity index (χ4v) is 11.7. The normalized spacial score (nSPS) is 16.1. The van der Waals surface area contributed by atoms with Crippen molar-refractivity contribution in [3.63, 3.8) is 0 Å². The molecule has 0 spiro atoms. The number of aryl methyl sites for hydroxylation is 2. The molecule has 2 heterocycles. The number of benzene rings is 4. The summed E-state index contributed by atoms with van der Waals surface area (Å²) in [7, 11) is 0. The van der Waals surface area contributed by atoms with E-state index in [2.05, 4.69) is 9.47 Å². The van der Waals surface area contributed by atoms with Gasteiger partial charge in [-0.05, 0) is 132 Å². The summed E-state index contributed by atoms with van der Waals surface area (Å²) in [5, 5.41) is 11.2. The van der Waals surface area contributed by atoms with E-state index in [1.165, 1.54) is 84.5 Å². The van der Waals surface area contributed by atoms with Crippen LogP contribution in [0.2, 0.25) is 0 Å². The number of alkyl halides is 4. The number of aldehydes is 1. The summed E-state index contributed by atoms with van der Waals surface area (Å²) in [6.07, 6.45) is 1.67. The highest BCUT2D eigenvalue weighted by molar-refractivity contribution is 8.18. The Morgan fingerprint density at radius 3 is 1.65 bits per heavy atom. The first-order chi connectivity index (χ1) is 25.7. The molecule has 0 amide bonds. The van der Waals surface area contributed by atoms with Gasteiger partial charge in [0.25, 0.3) is 0 Å². The summed E-state index contributed by atoms with van der Waals surface area (Å²) in [5.41, 5.74) is 2.99. The van der Waals surface area contributed by atoms with E-state index in [9.17, 15) is 45.0 Å². The molecule has 1 unspecified atom stereocenters. The molecule has 16 heteroatoms. The molecule has 2 aliphatic rings. The van der Waals surface area contributed by atoms with Gasteiger partial charge in [0, 0.05) is 17.7 Å². The zero-order valence-corrected chi connectivity index (χ0v) is 32.2. The first-order valence-electron chi connectivity index (χ1n) is 16.4. The molecular formula is C38H36F8O4S4. The van der Waals surface area contributed by atoms with Gasteiger partial charge in [-0.2, -0.15) is 17.6 Å². The Bertz CT molecular complexity index is 1800. The Morgan fingerprint density at radius 1 is 0.685 bits per heavy atom. The average Bonchev–Trinajstić information content (AvgIpc) is 3.13. The van der Waals surface area contributed by atoms with Crippen LogP contribution in [0, 0.1) is 37.1 Å². The van der Waals surface area contributed by atoms with Gasteiger partial charge in [0.15, 0.2) is 0 Å². The van der Waals surface area contributed by atoms with Gasteiger partial charge in [-0.3, -0.25) is 4.79 Å². The zero-order valence-electron chi connectivity index (χ0n) is 28.9. The minimum Gasteiger partial charge on any atom is -0.435 e. The molecule has 4 nitrogen and oxygen atoms in total. The van der Waals surface area contributed by atoms with E-state index < -0.39 is 46.7 Å². The number of ether oxygens (including phenoxy) is 2. The van der Waals surface area contributed by atoms with Gasteiger partial charge in [0.1, 0.15) is 51.2 Å². The van der Waals surface area contributed by atoms with Crippen molar-refractivity contribution in [2.75, 3.05) is 23.0 Å². The number of aliphatic hydroxyl groups excluding tert-OH is 1. The summed E-state index contributed by atoms with van der Waals surface area (Å²) < 4.78 is 110. The molecule has 1 N–H and O–H groups in total. The van der Waals surface area contributed by atoms with E-state index in [4.69, 9.17) is 0 Å². The van der Waals surface area contributed by atoms with Gasteiger partial charge < -0.3 is 14.6 Å². The lowest BCUT2D eigenvalue weighted by Crippen LogP contribution is -2.31. The van der Waals surface area contributed by atoms with Crippen LogP contribution in [0.25, 0.3) is 0 Å². The van der Waals surface area contributed by atoms with Gasteiger partial charge >= 0.3 is 13.2 Å². The van der Waals surface area contributed by atoms with Crippen molar-refractivity contribution in [1.29, 1.82) is 0 Å². The van der Waals surface area contributed by atoms with Crippen LogP contribution in [0.4, 0.5) is 35.1 Å². The molecule has 2 fully saturated rings. The summed E-state index contributed by atoms with van der Waals surface area (Å²) in [5.74, 6) is 1.36. The van der Waals surface area contributed by atoms with Crippen LogP contribution in [-0.2, 0) is 4.08 Å². The topological polar surface area (TPSA) is 55.8 Å². The Morgan fingerprint density at radius 2 is 1.17 bits per heavy atom. The lowest BCUT2D eigenvalue weighted by molar-refractivity contribution is -0.0509. The van der Waals surface area contributed by atoms with Crippen LogP contribution < -0.4 is 9.47 Å². The molecule has 4 aromatic rings. The molecule has 4 aromatic carbocycles. The molecule has 2 saturated heterocycles. The van der Waals surface area contributed by atoms with Crippen molar-refractivity contribution < 1.29 is 54.5 Å². The van der Waals surface area contributed by atoms with Crippen molar-refractivity contribution in [3.05, 3.63) is 129 Å². The molecular weight excluding hydrogens is 801 g/mol. The SMILES string of the molecule is Cc1cc(C(O)C2(c3cc(F)cc(F)c3)SCCCS2)ccc1OC(F)F.Cc1cc(C=O)ccc1OC(F)F.Fc1cc(F)cc(C2SCCCS2)c1. The molecule has 54 heavy (non-hydrogen) atoms. The van der Waals surface area contributed by atoms with Crippen molar-refractivity contribution in [2.24, 2.45) is 0 Å². The number of carbonyl (C=O) groups excluding carboxylic acids is 1. The molecule has 0 aliphatic carbocycles. The molecule has 2 aliphatic heterocycles. The predicted octanol–water partition coefficient (Wildman–Crippen LogP) is 11.9. The molecule has 0 radical (unpaired) electrons. The van der Waals surface area contributed by atoms with Gasteiger partial charge in [0.05, 0.1) is 4.58 Å². The fraction of sp³-hybridized carbons (Fsp3) is 0.342. The number of halogens is 8. The number of thioether (sulfide) groups is 4. The highest BCUT2D eigenvalue weighted by Crippen LogP contribution is 2.58. The van der Waals surface area contributed by atoms with E-state index in [1.807, 2.05) is 0 Å². The number of rotatable bonds is 9. The second kappa shape index (κ2) is 20.7. The predicted molar refractivity (Wildman–Crippen MR) is 202 cm³/mol. The number of hydrogen-bond acceptors (Lipinski definition) is 8. The fourth-order valence-electron chi connectivity index (χ4n) is 5.44. The third-order valence-electron chi connectivity index (χ3n) is 7.81. The minimum atomic E-state index is -2.94. The summed E-state index contributed by atoms with van der Waals surface area (Å²) in [6, 6.07) is 15.8. The quantitative estimate of drug-likeness (QED) is 0.132. The third-order valence-corrected chi connectivity index (χ3v) is 14.3. The first-order valence-corrected chi connectivity index (χ1v) is 20.5. The lowest BCUT2D eigenvalue weighted by atomic mass is 9.98. The van der Waals surface area contributed by atoms with Crippen molar-refractivity contribution in [3.8, 4) is 11.5 Å². The van der Waals surface area contributed by atoms with Gasteiger partial charge in [0.2, 0.25) is 0 Å². The number of hydrogen-bond donors (Lipinski definition) is 1. The molecule has 292 valence electrons. The van der Waals surface area contributed by atoms with Crippen molar-refractivity contribution >= 4 is 53.3 Å². The summed E-state index contributed by atoms with van der Waals surface area (Å²) in [6.45, 7) is -2.57. The maximum atomic E-state index is 13.8. The van der Waals surface area contributed by atoms with Crippen LogP contribution in [0.5, 0.6) is 11.5 Å². The van der Waals surface area contributed by atoms with Crippen LogP contribution in [-0.4, -0.2) is 47.6 Å². The van der Waals surface area contributed by atoms with Crippen LogP contribution >= 0.6 is 47.0 Å². The lowest BCUT2D eigenvalue weighted by Gasteiger charge is -2.40. The van der Waals surface area contributed by atoms with Crippen molar-refractivity contribution in [1.82, 2.24) is 0 Å². The van der Waals surface area contributed by atoms with Gasteiger partial charge in [-0.15, -0.1) is 47.0 Å². The second-order valence-corrected chi connectivity index (χ2v) is 17.5. The van der Waals surface area contributed by atoms with E-state index in [0.29, 0.717) is 34.1 Å². The minimum absolute atomic E-state index is 0.0238. The largest absolute Gasteiger partial charge is 0.435 e. The first kappa shape index (κ1) is 43.7. The Balaban J connectivity index is 0.000000201. The smallest absolute Gasteiger partial charge is 0.387 e. The zero-order chi connectivity index (χ0) is 39.4. The molecule has 6 rings (SSSR count). The van der Waals surface area contributed by atoms with Gasteiger partial charge in [-0.25, -0.2) is 17.6 Å². The van der Waals surface area contributed by atoms with Crippen LogP contribution in [0.3, 0.4) is 0 Å². The number of carbonyl (C=O) groups is 1. The molecule has 0 saturated carbocycles. The standard InChI is InChI=1S/C19H18F4O2S2.C10H10F2S2.C9H8F2O2/c1-11-7-12(3-4-16(11)25-18(22)23)17(24)19(26-5-2-6-27-19)13-8-14(20)10-15(21)9-13;11-8-4-7(5-9(12)6-8)10-13-2-1-3-14-10;1-6-4-7(5-12)2-3-8(6)13-9(10)11/h3-4,7-10,17-18,24H,2,5-6H2,1H3;4-6,10H,1-3H2;2-5,9H,1H3. The van der Waals surface area contributed by atoms with Gasteiger partial charge in [-0.1, -0.05) is 6.07 Å². The summed E-state index contributed by atoms with van der Waals surface area (Å²) in [4.78, 5) is 10.3. The average molecular weight is 837 g/mol. The third kappa shape index (κ3) is 12.5. The molecule has 0 bridgehead atoms. The highest BCUT2D eigenvalue weighted by atomic mass is 32.2. The van der Waals surface area contributed by atoms with Crippen molar-refractivity contribution in [2.45, 2.75) is 54.7 Å². The highest BCUT2D eigenvalue weighted by Gasteiger charge is 2.44. The van der Waals surface area contributed by atoms with E-state index in [0.717, 1.165) is 47.1 Å². The Hall–Kier alpha value is -3.05. The van der Waals surface area contributed by atoms with Crippen LogP contribution in [0.15, 0.2) is 72.8 Å². The number of aliphatic hydroxyl groups is 1. The van der Waals surface area contributed by atoms with Crippen LogP contribution in [0.1, 0.15) is 61.7 Å². The van der Waals surface area contributed by atoms with E-state index in [1.54, 1.807) is 43.4 Å². The monoisotopic (exact) mass is 836 g/mol. The maximum Gasteiger partial charge on any atom is 0.387 e. The second-order valence-electron chi connectivity index (χ2n) is 11.8. The summed E-state index contributed by atoms with van der Waals surface area (Å²) >= 11 is 6.39. The van der Waals surface area contributed by atoms with E-state index >= 15 is 0 Å². The maximum absolute atomic E-state index is 13.8. The Labute approximate surface area is 325 Å². The molecule has 0 aromatic heterocycles. The molecule has 1 atom stereocenters. The Kier molecular flexibility index (Phi) is 16.8.